The van der Waals surface area contributed by atoms with Gasteiger partial charge in [0.1, 0.15) is 6.07 Å². The predicted molar refractivity (Wildman–Crippen MR) is 68.8 cm³/mol. The van der Waals surface area contributed by atoms with E-state index in [1.165, 1.54) is 6.20 Å². The summed E-state index contributed by atoms with van der Waals surface area (Å²) < 4.78 is 0. The molecular weight excluding hydrogens is 257 g/mol. The summed E-state index contributed by atoms with van der Waals surface area (Å²) in [4.78, 5) is 4.13. The van der Waals surface area contributed by atoms with Crippen LogP contribution in [0.3, 0.4) is 0 Å². The molecule has 0 spiro atoms. The lowest BCUT2D eigenvalue weighted by Gasteiger charge is -2.07. The molecule has 0 radical (unpaired) electrons. The third kappa shape index (κ3) is 2.19. The smallest absolute Gasteiger partial charge is 0.102 e. The number of rotatable bonds is 1. The Morgan fingerprint density at radius 3 is 2.76 bits per heavy atom. The highest BCUT2D eigenvalue weighted by Gasteiger charge is 2.12. The van der Waals surface area contributed by atoms with Gasteiger partial charge in [-0.1, -0.05) is 35.3 Å². The molecule has 0 amide bonds. The summed E-state index contributed by atoms with van der Waals surface area (Å²) in [6, 6.07) is 8.78. The van der Waals surface area contributed by atoms with Crippen LogP contribution in [0.2, 0.25) is 10.0 Å². The number of nitrogens with two attached hydrogens (primary N) is 1. The quantitative estimate of drug-likeness (QED) is 0.857. The zero-order valence-corrected chi connectivity index (χ0v) is 10.1. The fraction of sp³-hybridized carbons (Fsp3) is 0. The van der Waals surface area contributed by atoms with Crippen molar-refractivity contribution in [1.29, 1.82) is 5.26 Å². The second kappa shape index (κ2) is 4.62. The Bertz CT molecular complexity index is 618. The van der Waals surface area contributed by atoms with Crippen LogP contribution in [0.25, 0.3) is 11.3 Å². The van der Waals surface area contributed by atoms with Crippen LogP contribution in [-0.4, -0.2) is 4.98 Å². The van der Waals surface area contributed by atoms with Gasteiger partial charge in [0.05, 0.1) is 33.2 Å². The van der Waals surface area contributed by atoms with Crippen molar-refractivity contribution >= 4 is 28.9 Å². The number of nitrogens with zero attached hydrogens (tertiary/aromatic N) is 2. The lowest BCUT2D eigenvalue weighted by molar-refractivity contribution is 1.30. The predicted octanol–water partition coefficient (Wildman–Crippen LogP) is 3.51. The van der Waals surface area contributed by atoms with E-state index < -0.39 is 0 Å². The fourth-order valence-electron chi connectivity index (χ4n) is 1.47. The van der Waals surface area contributed by atoms with Gasteiger partial charge in [-0.3, -0.25) is 4.98 Å². The van der Waals surface area contributed by atoms with E-state index in [4.69, 9.17) is 34.2 Å². The Morgan fingerprint density at radius 2 is 2.06 bits per heavy atom. The van der Waals surface area contributed by atoms with Gasteiger partial charge in [0.2, 0.25) is 0 Å². The molecule has 0 atom stereocenters. The molecule has 1 heterocycles. The molecule has 1 aromatic heterocycles. The van der Waals surface area contributed by atoms with Crippen molar-refractivity contribution in [1.82, 2.24) is 4.98 Å². The van der Waals surface area contributed by atoms with E-state index >= 15 is 0 Å². The van der Waals surface area contributed by atoms with Crippen LogP contribution >= 0.6 is 23.2 Å². The van der Waals surface area contributed by atoms with Crippen molar-refractivity contribution < 1.29 is 0 Å². The molecule has 2 N–H and O–H groups in total. The monoisotopic (exact) mass is 263 g/mol. The molecule has 5 heteroatoms. The molecule has 3 nitrogen and oxygen atoms in total. The molecule has 2 aromatic rings. The van der Waals surface area contributed by atoms with Crippen LogP contribution in [0, 0.1) is 11.3 Å². The number of hydrogen-bond donors (Lipinski definition) is 1. The van der Waals surface area contributed by atoms with Crippen molar-refractivity contribution in [2.45, 2.75) is 0 Å². The van der Waals surface area contributed by atoms with Gasteiger partial charge in [-0.15, -0.1) is 0 Å². The molecule has 0 fully saturated rings. The third-order valence-corrected chi connectivity index (χ3v) is 3.05. The molecule has 2 rings (SSSR count). The summed E-state index contributed by atoms with van der Waals surface area (Å²) in [7, 11) is 0. The number of anilines is 1. The van der Waals surface area contributed by atoms with Crippen LogP contribution in [-0.2, 0) is 0 Å². The van der Waals surface area contributed by atoms with Gasteiger partial charge < -0.3 is 5.73 Å². The molecule has 0 aliphatic heterocycles. The summed E-state index contributed by atoms with van der Waals surface area (Å²) in [6.45, 7) is 0. The Hall–Kier alpha value is -1.76. The zero-order valence-electron chi connectivity index (χ0n) is 8.61. The van der Waals surface area contributed by atoms with Gasteiger partial charge in [-0.05, 0) is 12.1 Å². The minimum atomic E-state index is 0.370. The number of nitriles is 1. The minimum Gasteiger partial charge on any atom is -0.397 e. The van der Waals surface area contributed by atoms with Gasteiger partial charge in [-0.25, -0.2) is 0 Å². The molecule has 0 aliphatic rings. The molecule has 0 aliphatic carbocycles. The third-order valence-electron chi connectivity index (χ3n) is 2.24. The Balaban J connectivity index is 2.69. The second-order valence-corrected chi connectivity index (χ2v) is 4.16. The zero-order chi connectivity index (χ0) is 12.4. The lowest BCUT2D eigenvalue weighted by Crippen LogP contribution is -1.94. The highest BCUT2D eigenvalue weighted by molar-refractivity contribution is 6.43. The van der Waals surface area contributed by atoms with Crippen LogP contribution in [0.15, 0.2) is 30.5 Å². The first-order valence-corrected chi connectivity index (χ1v) is 5.49. The summed E-state index contributed by atoms with van der Waals surface area (Å²) in [5.74, 6) is 0. The molecule has 0 saturated heterocycles. The number of hydrogen-bond acceptors (Lipinski definition) is 3. The first-order valence-electron chi connectivity index (χ1n) is 4.73. The van der Waals surface area contributed by atoms with Crippen LogP contribution in [0.4, 0.5) is 5.69 Å². The molecule has 0 saturated carbocycles. The molecule has 0 unspecified atom stereocenters. The van der Waals surface area contributed by atoms with E-state index in [1.807, 2.05) is 6.07 Å². The maximum Gasteiger partial charge on any atom is 0.102 e. The maximum atomic E-state index is 9.04. The summed E-state index contributed by atoms with van der Waals surface area (Å²) in [5.41, 5.74) is 7.48. The van der Waals surface area contributed by atoms with Crippen molar-refractivity contribution in [3.8, 4) is 17.3 Å². The van der Waals surface area contributed by atoms with Crippen LogP contribution in [0.5, 0.6) is 0 Å². The van der Waals surface area contributed by atoms with Crippen LogP contribution in [0.1, 0.15) is 5.56 Å². The van der Waals surface area contributed by atoms with Gasteiger partial charge in [-0.2, -0.15) is 5.26 Å². The highest BCUT2D eigenvalue weighted by Crippen LogP contribution is 2.34. The average molecular weight is 264 g/mol. The van der Waals surface area contributed by atoms with E-state index in [-0.39, 0.29) is 0 Å². The van der Waals surface area contributed by atoms with Gasteiger partial charge >= 0.3 is 0 Å². The van der Waals surface area contributed by atoms with Crippen LogP contribution < -0.4 is 5.73 Å². The topological polar surface area (TPSA) is 62.7 Å². The number of halogens is 2. The van der Waals surface area contributed by atoms with Crippen molar-refractivity contribution in [2.75, 3.05) is 5.73 Å². The molecule has 1 aromatic carbocycles. The number of benzene rings is 1. The van der Waals surface area contributed by atoms with Crippen molar-refractivity contribution in [3.63, 3.8) is 0 Å². The molecule has 17 heavy (non-hydrogen) atoms. The Labute approximate surface area is 108 Å². The van der Waals surface area contributed by atoms with E-state index in [2.05, 4.69) is 4.98 Å². The van der Waals surface area contributed by atoms with E-state index in [1.54, 1.807) is 24.3 Å². The largest absolute Gasteiger partial charge is 0.397 e. The van der Waals surface area contributed by atoms with Gasteiger partial charge in [0.25, 0.3) is 0 Å². The highest BCUT2D eigenvalue weighted by atomic mass is 35.5. The second-order valence-electron chi connectivity index (χ2n) is 3.38. The van der Waals surface area contributed by atoms with Crippen molar-refractivity contribution in [3.05, 3.63) is 46.1 Å². The van der Waals surface area contributed by atoms with E-state index in [0.717, 1.165) is 0 Å². The van der Waals surface area contributed by atoms with E-state index in [0.29, 0.717) is 32.6 Å². The van der Waals surface area contributed by atoms with Gasteiger partial charge in [0.15, 0.2) is 0 Å². The lowest BCUT2D eigenvalue weighted by atomic mass is 10.1. The van der Waals surface area contributed by atoms with Gasteiger partial charge in [0, 0.05) is 5.56 Å². The Kier molecular flexibility index (Phi) is 3.19. The number of aromatic nitrogens is 1. The number of pyridine rings is 1. The standard InChI is InChI=1S/C12H7Cl2N3/c13-10-3-1-2-9(11(10)14)12-7(5-15)4-8(16)6-17-12/h1-4,6H,16H2. The minimum absolute atomic E-state index is 0.370. The normalized spacial score (nSPS) is 9.94. The summed E-state index contributed by atoms with van der Waals surface area (Å²) in [6.07, 6.45) is 1.48. The molecule has 84 valence electrons. The van der Waals surface area contributed by atoms with Crippen molar-refractivity contribution in [2.24, 2.45) is 0 Å². The first-order chi connectivity index (χ1) is 8.13. The maximum absolute atomic E-state index is 9.04. The molecule has 0 bridgehead atoms. The summed E-state index contributed by atoms with van der Waals surface area (Å²) in [5, 5.41) is 9.84. The average Bonchev–Trinajstić information content (AvgIpc) is 2.33. The summed E-state index contributed by atoms with van der Waals surface area (Å²) >= 11 is 12.0. The first kappa shape index (κ1) is 11.7. The Morgan fingerprint density at radius 1 is 1.29 bits per heavy atom. The van der Waals surface area contributed by atoms with E-state index in [9.17, 15) is 0 Å². The fourth-order valence-corrected chi connectivity index (χ4v) is 1.86. The number of nitrogen functional groups attached to an aromatic ring is 1. The SMILES string of the molecule is N#Cc1cc(N)cnc1-c1cccc(Cl)c1Cl. The molecular formula is C12H7Cl2N3.